The summed E-state index contributed by atoms with van der Waals surface area (Å²) in [5.74, 6) is 2.28. The van der Waals surface area contributed by atoms with Gasteiger partial charge in [0.05, 0.1) is 12.7 Å². The van der Waals surface area contributed by atoms with Crippen LogP contribution in [0.1, 0.15) is 83.5 Å². The molecule has 1 fully saturated rings. The number of unbranched alkanes of at least 4 members (excludes halogenated alkanes) is 2. The first-order chi connectivity index (χ1) is 14.0. The molecule has 0 unspecified atom stereocenters. The van der Waals surface area contributed by atoms with Crippen molar-refractivity contribution in [3.63, 3.8) is 0 Å². The Labute approximate surface area is 201 Å². The van der Waals surface area contributed by atoms with E-state index in [4.69, 9.17) is 9.47 Å². The van der Waals surface area contributed by atoms with Crippen LogP contribution >= 0.6 is 0 Å². The molecule has 0 atom stereocenters. The van der Waals surface area contributed by atoms with Gasteiger partial charge in [0.2, 0.25) is 0 Å². The Balaban J connectivity index is 0.00000320. The average molecular weight is 426 g/mol. The summed E-state index contributed by atoms with van der Waals surface area (Å²) in [6.45, 7) is 7.01. The standard InChI is InChI=1S/C22H34N4O3.Na/c1-4-16-14-20(29-17-10-6-7-11-17)18(27)15-19(16)28-13-9-5-8-12-22(2,3)21-23-25-26-24-21;/h14-15,17,27H,4-13H2,1-3H3,(H,23,24,25,26);/q;+1. The van der Waals surface area contributed by atoms with Crippen molar-refractivity contribution in [2.24, 2.45) is 0 Å². The van der Waals surface area contributed by atoms with Crippen LogP contribution in [0.25, 0.3) is 0 Å². The van der Waals surface area contributed by atoms with Gasteiger partial charge in [-0.1, -0.05) is 38.8 Å². The van der Waals surface area contributed by atoms with Gasteiger partial charge < -0.3 is 14.6 Å². The Bertz CT molecular complexity index is 762. The summed E-state index contributed by atoms with van der Waals surface area (Å²) in [5.41, 5.74) is 0.999. The van der Waals surface area contributed by atoms with Crippen LogP contribution in [0.4, 0.5) is 0 Å². The van der Waals surface area contributed by atoms with Crippen LogP contribution in [0, 0.1) is 0 Å². The minimum absolute atomic E-state index is 0. The molecule has 8 heteroatoms. The molecule has 1 aliphatic rings. The molecule has 1 heterocycles. The Hall–Kier alpha value is -1.31. The third kappa shape index (κ3) is 6.86. The Kier molecular flexibility index (Phi) is 9.91. The van der Waals surface area contributed by atoms with Crippen molar-refractivity contribution in [1.82, 2.24) is 20.6 Å². The van der Waals surface area contributed by atoms with Crippen molar-refractivity contribution in [2.75, 3.05) is 6.61 Å². The van der Waals surface area contributed by atoms with Gasteiger partial charge in [0.1, 0.15) is 5.75 Å². The number of phenols is 1. The minimum atomic E-state index is -0.0792. The molecule has 2 N–H and O–H groups in total. The molecule has 0 amide bonds. The summed E-state index contributed by atoms with van der Waals surface area (Å²) in [7, 11) is 0. The fourth-order valence-corrected chi connectivity index (χ4v) is 3.87. The van der Waals surface area contributed by atoms with Crippen molar-refractivity contribution in [2.45, 2.75) is 90.1 Å². The number of H-pyrrole nitrogens is 1. The number of tetrazole rings is 1. The van der Waals surface area contributed by atoms with Gasteiger partial charge in [-0.2, -0.15) is 5.21 Å². The van der Waals surface area contributed by atoms with Crippen molar-refractivity contribution in [1.29, 1.82) is 0 Å². The first-order valence-electron chi connectivity index (χ1n) is 10.9. The number of hydrogen-bond acceptors (Lipinski definition) is 6. The summed E-state index contributed by atoms with van der Waals surface area (Å²) in [4.78, 5) is 0. The number of nitrogens with one attached hydrogen (secondary N) is 1. The van der Waals surface area contributed by atoms with E-state index < -0.39 is 0 Å². The zero-order valence-corrected chi connectivity index (χ0v) is 20.9. The number of nitrogens with zero attached hydrogens (tertiary/aromatic N) is 3. The fraction of sp³-hybridized carbons (Fsp3) is 0.682. The van der Waals surface area contributed by atoms with Gasteiger partial charge >= 0.3 is 29.6 Å². The quantitative estimate of drug-likeness (QED) is 0.421. The number of benzene rings is 1. The molecule has 0 aliphatic heterocycles. The zero-order chi connectivity index (χ0) is 20.7. The number of rotatable bonds is 11. The Morgan fingerprint density at radius 1 is 1.13 bits per heavy atom. The molecule has 160 valence electrons. The molecule has 0 spiro atoms. The number of aromatic amines is 1. The summed E-state index contributed by atoms with van der Waals surface area (Å²) in [6.07, 6.45) is 9.74. The zero-order valence-electron chi connectivity index (χ0n) is 18.9. The van der Waals surface area contributed by atoms with Crippen LogP contribution < -0.4 is 39.0 Å². The maximum Gasteiger partial charge on any atom is 1.00 e. The molecular formula is C22H34N4NaO3+. The topological polar surface area (TPSA) is 93.1 Å². The average Bonchev–Trinajstić information content (AvgIpc) is 3.40. The van der Waals surface area contributed by atoms with Crippen LogP contribution in [0.2, 0.25) is 0 Å². The van der Waals surface area contributed by atoms with E-state index in [1.54, 1.807) is 6.07 Å². The van der Waals surface area contributed by atoms with Crippen molar-refractivity contribution in [3.8, 4) is 17.2 Å². The largest absolute Gasteiger partial charge is 1.00 e. The summed E-state index contributed by atoms with van der Waals surface area (Å²) < 4.78 is 12.0. The van der Waals surface area contributed by atoms with Gasteiger partial charge in [0.15, 0.2) is 17.3 Å². The molecule has 2 aromatic rings. The summed E-state index contributed by atoms with van der Waals surface area (Å²) in [6, 6.07) is 3.65. The van der Waals surface area contributed by atoms with Gasteiger partial charge in [-0.3, -0.25) is 0 Å². The molecule has 0 bridgehead atoms. The number of aromatic nitrogens is 4. The van der Waals surface area contributed by atoms with E-state index >= 15 is 0 Å². The monoisotopic (exact) mass is 425 g/mol. The third-order valence-corrected chi connectivity index (χ3v) is 5.77. The molecular weight excluding hydrogens is 391 g/mol. The van der Waals surface area contributed by atoms with Crippen LogP contribution in [-0.4, -0.2) is 38.4 Å². The smallest absolute Gasteiger partial charge is 0.504 e. The van der Waals surface area contributed by atoms with E-state index in [-0.39, 0.29) is 46.8 Å². The maximum atomic E-state index is 10.4. The first-order valence-corrected chi connectivity index (χ1v) is 10.9. The molecule has 7 nitrogen and oxygen atoms in total. The van der Waals surface area contributed by atoms with E-state index in [0.29, 0.717) is 12.4 Å². The van der Waals surface area contributed by atoms with E-state index in [2.05, 4.69) is 41.4 Å². The van der Waals surface area contributed by atoms with E-state index in [1.807, 2.05) is 6.07 Å². The van der Waals surface area contributed by atoms with Gasteiger partial charge in [-0.05, 0) is 56.6 Å². The predicted molar refractivity (Wildman–Crippen MR) is 112 cm³/mol. The van der Waals surface area contributed by atoms with Gasteiger partial charge in [0.25, 0.3) is 0 Å². The molecule has 1 aliphatic carbocycles. The minimum Gasteiger partial charge on any atom is -0.504 e. The first kappa shape index (κ1) is 25.0. The fourth-order valence-electron chi connectivity index (χ4n) is 3.87. The second-order valence-corrected chi connectivity index (χ2v) is 8.58. The number of ether oxygens (including phenoxy) is 2. The molecule has 0 saturated heterocycles. The van der Waals surface area contributed by atoms with Crippen LogP contribution in [-0.2, 0) is 11.8 Å². The normalized spacial score (nSPS) is 14.5. The Morgan fingerprint density at radius 3 is 2.57 bits per heavy atom. The second kappa shape index (κ2) is 11.9. The van der Waals surface area contributed by atoms with Crippen molar-refractivity contribution in [3.05, 3.63) is 23.5 Å². The molecule has 0 radical (unpaired) electrons. The molecule has 30 heavy (non-hydrogen) atoms. The van der Waals surface area contributed by atoms with Crippen LogP contribution in [0.15, 0.2) is 12.1 Å². The predicted octanol–water partition coefficient (Wildman–Crippen LogP) is 1.71. The maximum absolute atomic E-state index is 10.4. The van der Waals surface area contributed by atoms with E-state index in [1.165, 1.54) is 12.8 Å². The number of aromatic hydroxyl groups is 1. The number of aryl methyl sites for hydroxylation is 1. The van der Waals surface area contributed by atoms with E-state index in [0.717, 1.165) is 62.1 Å². The van der Waals surface area contributed by atoms with Crippen molar-refractivity contribution >= 4 is 0 Å². The van der Waals surface area contributed by atoms with E-state index in [9.17, 15) is 5.11 Å². The summed E-state index contributed by atoms with van der Waals surface area (Å²) >= 11 is 0. The van der Waals surface area contributed by atoms with Gasteiger partial charge in [-0.25, -0.2) is 0 Å². The van der Waals surface area contributed by atoms with Crippen LogP contribution in [0.5, 0.6) is 17.2 Å². The molecule has 3 rings (SSSR count). The molecule has 1 saturated carbocycles. The number of phenolic OH excluding ortho intramolecular Hbond substituents is 1. The van der Waals surface area contributed by atoms with Gasteiger partial charge in [-0.15, -0.1) is 10.2 Å². The second-order valence-electron chi connectivity index (χ2n) is 8.58. The molecule has 1 aromatic heterocycles. The molecule has 1 aromatic carbocycles. The number of hydrogen-bond donors (Lipinski definition) is 2. The SMILES string of the molecule is CCc1cc(OC2CCCC2)c(O)cc1OCCCCCC(C)(C)c1nn[nH]n1.[Na+]. The van der Waals surface area contributed by atoms with Crippen LogP contribution in [0.3, 0.4) is 0 Å². The Morgan fingerprint density at radius 2 is 1.90 bits per heavy atom. The van der Waals surface area contributed by atoms with Gasteiger partial charge in [0, 0.05) is 11.5 Å². The van der Waals surface area contributed by atoms with Crippen molar-refractivity contribution < 1.29 is 44.1 Å². The summed E-state index contributed by atoms with van der Waals surface area (Å²) in [5, 5.41) is 24.8. The third-order valence-electron chi connectivity index (χ3n) is 5.77.